The molecule has 3 rings (SSSR count). The molecule has 1 fully saturated rings. The van der Waals surface area contributed by atoms with Crippen molar-refractivity contribution in [2.45, 2.75) is 89.4 Å². The summed E-state index contributed by atoms with van der Waals surface area (Å²) in [6.07, 6.45) is 0.225. The van der Waals surface area contributed by atoms with Crippen molar-refractivity contribution in [1.29, 1.82) is 0 Å². The first-order valence-corrected chi connectivity index (χ1v) is 16.4. The molecule has 0 spiro atoms. The van der Waals surface area contributed by atoms with Crippen molar-refractivity contribution < 1.29 is 49.0 Å². The van der Waals surface area contributed by atoms with Crippen molar-refractivity contribution in [2.75, 3.05) is 13.2 Å². The fourth-order valence-corrected chi connectivity index (χ4v) is 5.82. The third-order valence-electron chi connectivity index (χ3n) is 8.32. The average molecular weight is 684 g/mol. The molecule has 266 valence electrons. The number of carboxylic acids is 1. The minimum absolute atomic E-state index is 0.0274. The molecule has 1 saturated heterocycles. The highest BCUT2D eigenvalue weighted by atomic mass is 16.4. The molecule has 0 radical (unpaired) electrons. The summed E-state index contributed by atoms with van der Waals surface area (Å²) in [4.78, 5) is 77.6. The predicted molar refractivity (Wildman–Crippen MR) is 179 cm³/mol. The van der Waals surface area contributed by atoms with E-state index in [0.717, 1.165) is 16.3 Å². The average Bonchev–Trinajstić information content (AvgIpc) is 3.55. The Morgan fingerprint density at radius 1 is 0.878 bits per heavy atom. The maximum absolute atomic E-state index is 13.8. The van der Waals surface area contributed by atoms with Gasteiger partial charge in [0.05, 0.1) is 19.0 Å². The molecule has 0 saturated carbocycles. The van der Waals surface area contributed by atoms with Crippen LogP contribution in [0.1, 0.15) is 58.4 Å². The smallest absolute Gasteiger partial charge is 0.475 e. The Labute approximate surface area is 284 Å². The van der Waals surface area contributed by atoms with E-state index in [2.05, 4.69) is 21.3 Å². The van der Waals surface area contributed by atoms with E-state index in [-0.39, 0.29) is 31.7 Å². The topological polar surface area (TPSA) is 235 Å². The fraction of sp³-hybridized carbons (Fsp3) is 0.515. The van der Waals surface area contributed by atoms with Crippen LogP contribution in [0.15, 0.2) is 42.5 Å². The van der Waals surface area contributed by atoms with Crippen molar-refractivity contribution >= 4 is 53.4 Å². The van der Waals surface area contributed by atoms with Gasteiger partial charge in [-0.2, -0.15) is 0 Å². The highest BCUT2D eigenvalue weighted by Gasteiger charge is 2.39. The second-order valence-corrected chi connectivity index (χ2v) is 12.7. The number of aliphatic hydroxyl groups is 1. The van der Waals surface area contributed by atoms with Gasteiger partial charge in [0.15, 0.2) is 0 Å². The number of benzene rings is 2. The standard InChI is InChI=1S/C33H46BN5O10/c1-19(2)16-27(34(48)49)38-30(44)24(17-22-10-6-9-21-8-4-5-11-23(21)22)37-32(46)26-12-7-15-39(26)33(47)20(3)35-31(45)25(18-40)36-28(41)13-14-29(42)43/h4-6,8-11,19-20,24-27,40,48-49H,7,12-18H2,1-3H3,(H,35,45)(H,36,41)(H,37,46)(H,38,44)(H,42,43)/t20-,24+,25+,26+,27+/m1/s1. The lowest BCUT2D eigenvalue weighted by molar-refractivity contribution is -0.142. The highest BCUT2D eigenvalue weighted by Crippen LogP contribution is 2.22. The number of fused-ring (bicyclic) bond motifs is 1. The van der Waals surface area contributed by atoms with Crippen molar-refractivity contribution in [2.24, 2.45) is 5.92 Å². The number of rotatable bonds is 17. The van der Waals surface area contributed by atoms with E-state index in [1.165, 1.54) is 11.8 Å². The van der Waals surface area contributed by atoms with Gasteiger partial charge in [-0.25, -0.2) is 0 Å². The van der Waals surface area contributed by atoms with Gasteiger partial charge in [-0.3, -0.25) is 28.8 Å². The minimum Gasteiger partial charge on any atom is -0.481 e. The van der Waals surface area contributed by atoms with Crippen LogP contribution in [-0.2, 0) is 35.2 Å². The summed E-state index contributed by atoms with van der Waals surface area (Å²) in [7, 11) is -1.83. The summed E-state index contributed by atoms with van der Waals surface area (Å²) < 4.78 is 0. The van der Waals surface area contributed by atoms with Gasteiger partial charge in [-0.05, 0) is 48.4 Å². The quantitative estimate of drug-likeness (QED) is 0.0972. The highest BCUT2D eigenvalue weighted by molar-refractivity contribution is 6.43. The number of nitrogens with zero attached hydrogens (tertiary/aromatic N) is 1. The minimum atomic E-state index is -1.83. The van der Waals surface area contributed by atoms with Gasteiger partial charge in [0, 0.05) is 19.4 Å². The Hall–Kier alpha value is -4.54. The molecule has 16 heteroatoms. The first-order valence-electron chi connectivity index (χ1n) is 16.4. The van der Waals surface area contributed by atoms with Gasteiger partial charge in [-0.15, -0.1) is 0 Å². The second kappa shape index (κ2) is 18.3. The number of carboxylic acid groups (broad SMARTS) is 1. The van der Waals surface area contributed by atoms with Crippen LogP contribution >= 0.6 is 0 Å². The van der Waals surface area contributed by atoms with Crippen LogP contribution in [0.3, 0.4) is 0 Å². The first kappa shape index (κ1) is 38.9. The van der Waals surface area contributed by atoms with E-state index in [1.54, 1.807) is 0 Å². The van der Waals surface area contributed by atoms with E-state index < -0.39 is 92.2 Å². The van der Waals surface area contributed by atoms with Gasteiger partial charge in [0.2, 0.25) is 29.5 Å². The van der Waals surface area contributed by atoms with Crippen LogP contribution in [0.5, 0.6) is 0 Å². The zero-order valence-electron chi connectivity index (χ0n) is 27.9. The summed E-state index contributed by atoms with van der Waals surface area (Å²) in [6.45, 7) is 4.52. The third kappa shape index (κ3) is 11.3. The normalized spacial score (nSPS) is 16.7. The summed E-state index contributed by atoms with van der Waals surface area (Å²) in [6, 6.07) is 8.45. The number of nitrogens with one attached hydrogen (secondary N) is 4. The zero-order valence-corrected chi connectivity index (χ0v) is 27.9. The summed E-state index contributed by atoms with van der Waals surface area (Å²) in [5, 5.41) is 50.2. The lowest BCUT2D eigenvalue weighted by atomic mass is 9.75. The molecule has 49 heavy (non-hydrogen) atoms. The first-order chi connectivity index (χ1) is 23.2. The maximum atomic E-state index is 13.8. The van der Waals surface area contributed by atoms with E-state index in [4.69, 9.17) is 5.11 Å². The van der Waals surface area contributed by atoms with Crippen LogP contribution in [0.25, 0.3) is 10.8 Å². The van der Waals surface area contributed by atoms with Crippen LogP contribution in [0.2, 0.25) is 0 Å². The number of carbonyl (C=O) groups is 6. The third-order valence-corrected chi connectivity index (χ3v) is 8.32. The molecule has 8 N–H and O–H groups in total. The number of amides is 5. The Bertz CT molecular complexity index is 1500. The van der Waals surface area contributed by atoms with Gasteiger partial charge >= 0.3 is 13.1 Å². The molecule has 1 heterocycles. The van der Waals surface area contributed by atoms with Crippen LogP contribution in [-0.4, -0.2) is 111 Å². The van der Waals surface area contributed by atoms with Crippen LogP contribution in [0.4, 0.5) is 0 Å². The number of hydrogen-bond acceptors (Lipinski definition) is 9. The van der Waals surface area contributed by atoms with Gasteiger partial charge in [-0.1, -0.05) is 56.3 Å². The van der Waals surface area contributed by atoms with Crippen molar-refractivity contribution in [3.05, 3.63) is 48.0 Å². The van der Waals surface area contributed by atoms with Gasteiger partial charge < -0.3 is 46.4 Å². The number of carbonyl (C=O) groups excluding carboxylic acids is 5. The van der Waals surface area contributed by atoms with E-state index in [0.29, 0.717) is 6.42 Å². The number of aliphatic carboxylic acids is 1. The number of aliphatic hydroxyl groups excluding tert-OH is 1. The lowest BCUT2D eigenvalue weighted by Gasteiger charge is -2.30. The Kier molecular flexibility index (Phi) is 14.5. The summed E-state index contributed by atoms with van der Waals surface area (Å²) >= 11 is 0. The number of hydrogen-bond donors (Lipinski definition) is 8. The zero-order chi connectivity index (χ0) is 36.2. The fourth-order valence-electron chi connectivity index (χ4n) is 5.82. The Morgan fingerprint density at radius 3 is 2.20 bits per heavy atom. The van der Waals surface area contributed by atoms with Crippen molar-refractivity contribution in [3.63, 3.8) is 0 Å². The summed E-state index contributed by atoms with van der Waals surface area (Å²) in [5.74, 6) is -5.64. The van der Waals surface area contributed by atoms with Crippen LogP contribution in [0, 0.1) is 5.92 Å². The SMILES string of the molecule is CC(C)C[C@H](NC(=O)[C@H](Cc1cccc2ccccc12)NC(=O)[C@@H]1CCCN1C(=O)[C@@H](C)NC(=O)[C@H](CO)NC(=O)CCC(=O)O)B(O)O. The molecular weight excluding hydrogens is 637 g/mol. The van der Waals surface area contributed by atoms with Crippen LogP contribution < -0.4 is 21.3 Å². The molecule has 5 amide bonds. The Morgan fingerprint density at radius 2 is 1.55 bits per heavy atom. The maximum Gasteiger partial charge on any atom is 0.475 e. The van der Waals surface area contributed by atoms with Gasteiger partial charge in [0.1, 0.15) is 24.2 Å². The largest absolute Gasteiger partial charge is 0.481 e. The van der Waals surface area contributed by atoms with Crippen molar-refractivity contribution in [3.8, 4) is 0 Å². The monoisotopic (exact) mass is 683 g/mol. The lowest BCUT2D eigenvalue weighted by Crippen LogP contribution is -2.59. The van der Waals surface area contributed by atoms with Crippen molar-refractivity contribution in [1.82, 2.24) is 26.2 Å². The molecule has 0 bridgehead atoms. The summed E-state index contributed by atoms with van der Waals surface area (Å²) in [5.41, 5.74) is 0.771. The second-order valence-electron chi connectivity index (χ2n) is 12.7. The van der Waals surface area contributed by atoms with E-state index in [1.807, 2.05) is 56.3 Å². The van der Waals surface area contributed by atoms with E-state index in [9.17, 15) is 43.9 Å². The molecule has 0 unspecified atom stereocenters. The molecule has 0 aliphatic carbocycles. The van der Waals surface area contributed by atoms with Gasteiger partial charge in [0.25, 0.3) is 0 Å². The Balaban J connectivity index is 1.76. The van der Waals surface area contributed by atoms with E-state index >= 15 is 0 Å². The molecule has 5 atom stereocenters. The molecule has 2 aromatic rings. The molecule has 2 aromatic carbocycles. The number of likely N-dealkylation sites (tertiary alicyclic amines) is 1. The predicted octanol–water partition coefficient (Wildman–Crippen LogP) is -0.752. The molecule has 0 aromatic heterocycles. The molecule has 1 aliphatic rings. The molecular formula is C33H46BN5O10. The molecule has 1 aliphatic heterocycles. The molecule has 15 nitrogen and oxygen atoms in total.